The molecule has 1 aromatic heterocycles. The number of hydrogen-bond donors (Lipinski definition) is 1. The minimum atomic E-state index is -1.07. The highest BCUT2D eigenvalue weighted by Crippen LogP contribution is 2.43. The summed E-state index contributed by atoms with van der Waals surface area (Å²) < 4.78 is 25.2. The largest absolute Gasteiger partial charge is 0.497 e. The van der Waals surface area contributed by atoms with Crippen LogP contribution < -0.4 is 9.47 Å². The summed E-state index contributed by atoms with van der Waals surface area (Å²) in [4.78, 5) is 11.0. The first-order valence-electron chi connectivity index (χ1n) is 12.6. The zero-order chi connectivity index (χ0) is 27.4. The number of rotatable bonds is 10. The molecule has 0 amide bonds. The molecule has 0 spiro atoms. The lowest BCUT2D eigenvalue weighted by molar-refractivity contribution is -0.393. The molecule has 1 fully saturated rings. The maximum absolute atomic E-state index is 11.4. The molecule has 1 aliphatic rings. The third kappa shape index (κ3) is 5.12. The van der Waals surface area contributed by atoms with E-state index in [1.807, 2.05) is 78.9 Å². The monoisotopic (exact) mass is 530 g/mol. The number of benzene rings is 3. The second kappa shape index (κ2) is 11.3. The zero-order valence-electron chi connectivity index (χ0n) is 21.7. The van der Waals surface area contributed by atoms with E-state index in [0.717, 1.165) is 16.7 Å². The highest BCUT2D eigenvalue weighted by atomic mass is 16.6. The van der Waals surface area contributed by atoms with Gasteiger partial charge < -0.3 is 34.2 Å². The third-order valence-corrected chi connectivity index (χ3v) is 7.10. The summed E-state index contributed by atoms with van der Waals surface area (Å²) >= 11 is 0. The first kappa shape index (κ1) is 26.4. The number of nitro groups is 1. The smallest absolute Gasteiger partial charge is 0.325 e. The lowest BCUT2D eigenvalue weighted by Gasteiger charge is -2.37. The van der Waals surface area contributed by atoms with Crippen molar-refractivity contribution in [2.75, 3.05) is 20.8 Å². The second-order valence-corrected chi connectivity index (χ2v) is 9.28. The van der Waals surface area contributed by atoms with Gasteiger partial charge in [-0.05, 0) is 51.9 Å². The third-order valence-electron chi connectivity index (χ3n) is 7.10. The number of hydrogen-bond acceptors (Lipinski definition) is 7. The van der Waals surface area contributed by atoms with Gasteiger partial charge in [0.05, 0.1) is 33.1 Å². The molecular weight excluding hydrogens is 500 g/mol. The van der Waals surface area contributed by atoms with Crippen molar-refractivity contribution in [2.24, 2.45) is 0 Å². The Balaban J connectivity index is 1.53. The number of aromatic nitrogens is 1. The molecule has 1 aliphatic heterocycles. The van der Waals surface area contributed by atoms with Gasteiger partial charge in [-0.15, -0.1) is 0 Å². The summed E-state index contributed by atoms with van der Waals surface area (Å²) in [5, 5.41) is 22.4. The molecule has 0 saturated carbocycles. The SMILES string of the molecule is COc1ccc(C(OC[C@H]2O[C@@H](n3cccc3[N+](=O)[O-])C[C@@H]2O)(c2ccccc2)c2ccc(OC)cc2)cc1. The lowest BCUT2D eigenvalue weighted by Crippen LogP contribution is -2.38. The quantitative estimate of drug-likeness (QED) is 0.173. The van der Waals surface area contributed by atoms with Crippen LogP contribution in [-0.2, 0) is 15.1 Å². The van der Waals surface area contributed by atoms with Crippen molar-refractivity contribution in [3.05, 3.63) is 124 Å². The van der Waals surface area contributed by atoms with E-state index in [1.54, 1.807) is 26.5 Å². The van der Waals surface area contributed by atoms with E-state index < -0.39 is 29.0 Å². The molecule has 0 unspecified atom stereocenters. The van der Waals surface area contributed by atoms with Gasteiger partial charge in [-0.1, -0.05) is 54.6 Å². The molecule has 3 aromatic carbocycles. The molecule has 2 heterocycles. The van der Waals surface area contributed by atoms with Crippen LogP contribution >= 0.6 is 0 Å². The van der Waals surface area contributed by atoms with Gasteiger partial charge in [0.2, 0.25) is 6.23 Å². The van der Waals surface area contributed by atoms with E-state index in [4.69, 9.17) is 18.9 Å². The molecule has 0 bridgehead atoms. The standard InChI is InChI=1S/C30H30N2O7/c1-36-24-14-10-22(11-15-24)30(21-7-4-3-5-8-21,23-12-16-25(37-2)17-13-23)38-20-27-26(33)19-29(39-27)31-18-6-9-28(31)32(34)35/h3-18,26-27,29,33H,19-20H2,1-2H3/t26-,27+,29+/m0/s1. The van der Waals surface area contributed by atoms with Gasteiger partial charge in [0.25, 0.3) is 0 Å². The molecule has 4 aromatic rings. The van der Waals surface area contributed by atoms with Crippen molar-refractivity contribution in [3.63, 3.8) is 0 Å². The number of aliphatic hydroxyl groups is 1. The van der Waals surface area contributed by atoms with Crippen molar-refractivity contribution in [1.82, 2.24) is 4.57 Å². The topological polar surface area (TPSA) is 105 Å². The Morgan fingerprint density at radius 2 is 1.46 bits per heavy atom. The van der Waals surface area contributed by atoms with Crippen molar-refractivity contribution >= 4 is 5.82 Å². The Morgan fingerprint density at radius 3 is 2.00 bits per heavy atom. The average molecular weight is 531 g/mol. The number of nitrogens with zero attached hydrogens (tertiary/aromatic N) is 2. The number of aliphatic hydroxyl groups excluding tert-OH is 1. The normalized spacial score (nSPS) is 19.1. The summed E-state index contributed by atoms with van der Waals surface area (Å²) in [6.07, 6.45) is -0.486. The van der Waals surface area contributed by atoms with Gasteiger partial charge in [-0.3, -0.25) is 0 Å². The van der Waals surface area contributed by atoms with Crippen LogP contribution in [0.15, 0.2) is 97.2 Å². The molecule has 0 aliphatic carbocycles. The van der Waals surface area contributed by atoms with Gasteiger partial charge >= 0.3 is 5.82 Å². The average Bonchev–Trinajstić information content (AvgIpc) is 3.61. The molecule has 3 atom stereocenters. The summed E-state index contributed by atoms with van der Waals surface area (Å²) in [6, 6.07) is 28.1. The van der Waals surface area contributed by atoms with E-state index in [2.05, 4.69) is 0 Å². The van der Waals surface area contributed by atoms with E-state index >= 15 is 0 Å². The summed E-state index contributed by atoms with van der Waals surface area (Å²) in [5.41, 5.74) is 1.51. The molecular formula is C30H30N2O7. The van der Waals surface area contributed by atoms with Crippen LogP contribution in [0, 0.1) is 10.1 Å². The fourth-order valence-electron chi connectivity index (χ4n) is 5.10. The van der Waals surface area contributed by atoms with Crippen LogP contribution in [0.5, 0.6) is 11.5 Å². The summed E-state index contributed by atoms with van der Waals surface area (Å²) in [5.74, 6) is 1.33. The Hall–Kier alpha value is -4.18. The number of ether oxygens (including phenoxy) is 4. The first-order chi connectivity index (χ1) is 19.0. The zero-order valence-corrected chi connectivity index (χ0v) is 21.7. The Bertz CT molecular complexity index is 1340. The van der Waals surface area contributed by atoms with Gasteiger partial charge in [0.1, 0.15) is 23.2 Å². The minimum absolute atomic E-state index is 0.0275. The van der Waals surface area contributed by atoms with Crippen LogP contribution in [0.2, 0.25) is 0 Å². The molecule has 39 heavy (non-hydrogen) atoms. The van der Waals surface area contributed by atoms with Crippen LogP contribution in [-0.4, -0.2) is 47.6 Å². The molecule has 1 saturated heterocycles. The van der Waals surface area contributed by atoms with Crippen LogP contribution in [0.3, 0.4) is 0 Å². The predicted molar refractivity (Wildman–Crippen MR) is 144 cm³/mol. The highest BCUT2D eigenvalue weighted by Gasteiger charge is 2.43. The van der Waals surface area contributed by atoms with E-state index in [1.165, 1.54) is 10.6 Å². The minimum Gasteiger partial charge on any atom is -0.497 e. The molecule has 0 radical (unpaired) electrons. The van der Waals surface area contributed by atoms with E-state index in [0.29, 0.717) is 11.5 Å². The summed E-state index contributed by atoms with van der Waals surface area (Å²) in [7, 11) is 3.23. The Morgan fingerprint density at radius 1 is 0.897 bits per heavy atom. The van der Waals surface area contributed by atoms with Crippen LogP contribution in [0.25, 0.3) is 0 Å². The maximum Gasteiger partial charge on any atom is 0.325 e. The van der Waals surface area contributed by atoms with Crippen molar-refractivity contribution in [3.8, 4) is 11.5 Å². The lowest BCUT2D eigenvalue weighted by atomic mass is 9.80. The van der Waals surface area contributed by atoms with Crippen LogP contribution in [0.4, 0.5) is 5.82 Å². The van der Waals surface area contributed by atoms with Crippen LogP contribution in [0.1, 0.15) is 29.3 Å². The molecule has 1 N–H and O–H groups in total. The Kier molecular flexibility index (Phi) is 7.65. The second-order valence-electron chi connectivity index (χ2n) is 9.28. The van der Waals surface area contributed by atoms with Crippen molar-refractivity contribution in [2.45, 2.75) is 30.5 Å². The highest BCUT2D eigenvalue weighted by molar-refractivity contribution is 5.49. The van der Waals surface area contributed by atoms with Gasteiger partial charge in [0.15, 0.2) is 0 Å². The molecule has 9 nitrogen and oxygen atoms in total. The first-order valence-corrected chi connectivity index (χ1v) is 12.6. The maximum atomic E-state index is 11.4. The van der Waals surface area contributed by atoms with Gasteiger partial charge in [-0.25, -0.2) is 4.57 Å². The molecule has 202 valence electrons. The van der Waals surface area contributed by atoms with Crippen molar-refractivity contribution < 1.29 is 29.0 Å². The number of methoxy groups -OCH3 is 2. The van der Waals surface area contributed by atoms with E-state index in [9.17, 15) is 15.2 Å². The molecule has 9 heteroatoms. The summed E-state index contributed by atoms with van der Waals surface area (Å²) in [6.45, 7) is 0.0275. The van der Waals surface area contributed by atoms with E-state index in [-0.39, 0.29) is 18.8 Å². The molecule has 5 rings (SSSR count). The fourth-order valence-corrected chi connectivity index (χ4v) is 5.10. The fraction of sp³-hybridized carbons (Fsp3) is 0.267. The Labute approximate surface area is 226 Å². The van der Waals surface area contributed by atoms with Gasteiger partial charge in [0, 0.05) is 12.5 Å². The van der Waals surface area contributed by atoms with Gasteiger partial charge in [-0.2, -0.15) is 0 Å². The van der Waals surface area contributed by atoms with Crippen molar-refractivity contribution in [1.29, 1.82) is 0 Å². The predicted octanol–water partition coefficient (Wildman–Crippen LogP) is 5.07.